The van der Waals surface area contributed by atoms with Crippen LogP contribution in [0.2, 0.25) is 0 Å². The van der Waals surface area contributed by atoms with Gasteiger partial charge in [0, 0.05) is 31.2 Å². The van der Waals surface area contributed by atoms with Gasteiger partial charge in [-0.1, -0.05) is 26.2 Å². The van der Waals surface area contributed by atoms with E-state index >= 15 is 0 Å². The van der Waals surface area contributed by atoms with Crippen LogP contribution in [0.4, 0.5) is 0 Å². The number of hydrogen-bond acceptors (Lipinski definition) is 4. The van der Waals surface area contributed by atoms with E-state index < -0.39 is 0 Å². The van der Waals surface area contributed by atoms with Gasteiger partial charge < -0.3 is 10.4 Å². The van der Waals surface area contributed by atoms with Crippen LogP contribution in [-0.2, 0) is 6.54 Å². The molecule has 2 atom stereocenters. The largest absolute Gasteiger partial charge is 0.396 e. The molecule has 2 unspecified atom stereocenters. The number of carbonyl (C=O) groups is 1. The van der Waals surface area contributed by atoms with Crippen LogP contribution in [0.3, 0.4) is 0 Å². The average molecular weight is 307 g/mol. The van der Waals surface area contributed by atoms with Crippen molar-refractivity contribution in [3.63, 3.8) is 0 Å². The Morgan fingerprint density at radius 2 is 2.14 bits per heavy atom. The molecule has 6 nitrogen and oxygen atoms in total. The van der Waals surface area contributed by atoms with Crippen molar-refractivity contribution < 1.29 is 9.90 Å². The van der Waals surface area contributed by atoms with Crippen molar-refractivity contribution in [3.05, 3.63) is 28.2 Å². The monoisotopic (exact) mass is 307 g/mol. The van der Waals surface area contributed by atoms with Crippen LogP contribution in [0, 0.1) is 5.92 Å². The van der Waals surface area contributed by atoms with E-state index in [1.54, 1.807) is 0 Å². The Labute approximate surface area is 130 Å². The summed E-state index contributed by atoms with van der Waals surface area (Å²) in [7, 11) is 0. The zero-order valence-corrected chi connectivity index (χ0v) is 13.1. The fourth-order valence-corrected chi connectivity index (χ4v) is 2.98. The molecule has 1 aromatic rings. The minimum Gasteiger partial charge on any atom is -0.396 e. The number of nitrogens with zero attached hydrogens (tertiary/aromatic N) is 2. The van der Waals surface area contributed by atoms with Crippen molar-refractivity contribution in [2.24, 2.45) is 5.92 Å². The van der Waals surface area contributed by atoms with Crippen LogP contribution < -0.4 is 10.9 Å². The second-order valence-electron chi connectivity index (χ2n) is 5.94. The molecule has 1 aromatic heterocycles. The summed E-state index contributed by atoms with van der Waals surface area (Å²) in [5.41, 5.74) is 0.0649. The molecular weight excluding hydrogens is 282 g/mol. The van der Waals surface area contributed by atoms with E-state index in [0.717, 1.165) is 38.5 Å². The van der Waals surface area contributed by atoms with Gasteiger partial charge in [-0.3, -0.25) is 9.59 Å². The van der Waals surface area contributed by atoms with E-state index in [1.807, 2.05) is 6.92 Å². The summed E-state index contributed by atoms with van der Waals surface area (Å²) in [4.78, 5) is 24.0. The summed E-state index contributed by atoms with van der Waals surface area (Å²) < 4.78 is 1.32. The number of nitrogens with one attached hydrogen (secondary N) is 1. The Balaban J connectivity index is 2.10. The third-order valence-corrected chi connectivity index (χ3v) is 4.24. The first-order chi connectivity index (χ1) is 10.7. The molecule has 1 amide bonds. The maximum absolute atomic E-state index is 12.4. The van der Waals surface area contributed by atoms with Crippen molar-refractivity contribution in [3.8, 4) is 0 Å². The van der Waals surface area contributed by atoms with Crippen molar-refractivity contribution in [2.75, 3.05) is 6.61 Å². The fourth-order valence-electron chi connectivity index (χ4n) is 2.98. The number of aryl methyl sites for hydroxylation is 1. The molecule has 0 spiro atoms. The van der Waals surface area contributed by atoms with Crippen LogP contribution in [0.15, 0.2) is 16.9 Å². The van der Waals surface area contributed by atoms with Crippen LogP contribution in [0.5, 0.6) is 0 Å². The second kappa shape index (κ2) is 8.08. The van der Waals surface area contributed by atoms with Crippen LogP contribution in [0.25, 0.3) is 0 Å². The highest BCUT2D eigenvalue weighted by Crippen LogP contribution is 2.23. The molecule has 1 fully saturated rings. The number of carbonyl (C=O) groups excluding carboxylic acids is 1. The highest BCUT2D eigenvalue weighted by atomic mass is 16.3. The Kier molecular flexibility index (Phi) is 6.12. The van der Waals surface area contributed by atoms with Gasteiger partial charge in [0.1, 0.15) is 5.69 Å². The Morgan fingerprint density at radius 1 is 1.36 bits per heavy atom. The third-order valence-electron chi connectivity index (χ3n) is 4.24. The number of aromatic nitrogens is 2. The van der Waals surface area contributed by atoms with E-state index in [1.165, 1.54) is 16.8 Å². The van der Waals surface area contributed by atoms with Crippen molar-refractivity contribution in [1.29, 1.82) is 0 Å². The van der Waals surface area contributed by atoms with E-state index in [0.29, 0.717) is 6.54 Å². The minimum atomic E-state index is -0.268. The molecule has 0 radical (unpaired) electrons. The highest BCUT2D eigenvalue weighted by molar-refractivity contribution is 5.92. The van der Waals surface area contributed by atoms with Crippen LogP contribution >= 0.6 is 0 Å². The van der Waals surface area contributed by atoms with Gasteiger partial charge in [-0.15, -0.1) is 0 Å². The van der Waals surface area contributed by atoms with Gasteiger partial charge in [-0.05, 0) is 25.3 Å². The number of rotatable bonds is 5. The Hall–Kier alpha value is -1.69. The van der Waals surface area contributed by atoms with Crippen molar-refractivity contribution in [1.82, 2.24) is 15.1 Å². The SMILES string of the molecule is CCCn1nc(C(=O)NC2CCCCCC2CO)ccc1=O. The quantitative estimate of drug-likeness (QED) is 0.804. The number of aliphatic hydroxyl groups excluding tert-OH is 1. The summed E-state index contributed by atoms with van der Waals surface area (Å²) >= 11 is 0. The molecule has 1 saturated carbocycles. The zero-order chi connectivity index (χ0) is 15.9. The smallest absolute Gasteiger partial charge is 0.271 e. The van der Waals surface area contributed by atoms with Crippen molar-refractivity contribution in [2.45, 2.75) is 58.0 Å². The molecule has 22 heavy (non-hydrogen) atoms. The molecule has 0 aromatic carbocycles. The van der Waals surface area contributed by atoms with E-state index in [9.17, 15) is 14.7 Å². The first kappa shape index (κ1) is 16.7. The fraction of sp³-hybridized carbons (Fsp3) is 0.688. The van der Waals surface area contributed by atoms with E-state index in [2.05, 4.69) is 10.4 Å². The molecule has 1 aliphatic carbocycles. The predicted octanol–water partition coefficient (Wildman–Crippen LogP) is 1.32. The van der Waals surface area contributed by atoms with Gasteiger partial charge in [0.05, 0.1) is 0 Å². The van der Waals surface area contributed by atoms with Gasteiger partial charge in [0.25, 0.3) is 11.5 Å². The molecule has 1 aliphatic rings. The first-order valence-corrected chi connectivity index (χ1v) is 8.15. The Bertz CT molecular complexity index is 556. The summed E-state index contributed by atoms with van der Waals surface area (Å²) in [6.45, 7) is 2.55. The van der Waals surface area contributed by atoms with Gasteiger partial charge in [0.15, 0.2) is 0 Å². The zero-order valence-electron chi connectivity index (χ0n) is 13.1. The molecule has 1 heterocycles. The molecule has 122 valence electrons. The predicted molar refractivity (Wildman–Crippen MR) is 83.7 cm³/mol. The maximum atomic E-state index is 12.4. The van der Waals surface area contributed by atoms with Gasteiger partial charge >= 0.3 is 0 Å². The normalized spacial score (nSPS) is 22.1. The van der Waals surface area contributed by atoms with E-state index in [4.69, 9.17) is 0 Å². The standard InChI is InChI=1S/C16H25N3O3/c1-2-10-19-15(21)9-8-14(18-19)16(22)17-13-7-5-3-4-6-12(13)11-20/h8-9,12-13,20H,2-7,10-11H2,1H3,(H,17,22). The van der Waals surface area contributed by atoms with Gasteiger partial charge in [-0.25, -0.2) is 4.68 Å². The molecule has 0 bridgehead atoms. The van der Waals surface area contributed by atoms with E-state index in [-0.39, 0.29) is 35.7 Å². The summed E-state index contributed by atoms with van der Waals surface area (Å²) in [6, 6.07) is 2.83. The van der Waals surface area contributed by atoms with Gasteiger partial charge in [0.2, 0.25) is 0 Å². The molecular formula is C16H25N3O3. The maximum Gasteiger partial charge on any atom is 0.271 e. The number of hydrogen-bond donors (Lipinski definition) is 2. The van der Waals surface area contributed by atoms with Crippen LogP contribution in [0.1, 0.15) is 55.9 Å². The Morgan fingerprint density at radius 3 is 2.86 bits per heavy atom. The molecule has 6 heteroatoms. The number of amides is 1. The highest BCUT2D eigenvalue weighted by Gasteiger charge is 2.25. The molecule has 0 aliphatic heterocycles. The lowest BCUT2D eigenvalue weighted by molar-refractivity contribution is 0.0891. The van der Waals surface area contributed by atoms with Crippen LogP contribution in [-0.4, -0.2) is 33.4 Å². The van der Waals surface area contributed by atoms with Gasteiger partial charge in [-0.2, -0.15) is 5.10 Å². The lowest BCUT2D eigenvalue weighted by Crippen LogP contribution is -2.42. The average Bonchev–Trinajstić information content (AvgIpc) is 2.74. The summed E-state index contributed by atoms with van der Waals surface area (Å²) in [5.74, 6) is -0.164. The summed E-state index contributed by atoms with van der Waals surface area (Å²) in [5, 5.41) is 16.6. The molecule has 2 rings (SSSR count). The summed E-state index contributed by atoms with van der Waals surface area (Å²) in [6.07, 6.45) is 5.90. The lowest BCUT2D eigenvalue weighted by atomic mass is 9.95. The lowest BCUT2D eigenvalue weighted by Gasteiger charge is -2.24. The molecule has 0 saturated heterocycles. The first-order valence-electron chi connectivity index (χ1n) is 8.15. The van der Waals surface area contributed by atoms with Crippen molar-refractivity contribution >= 4 is 5.91 Å². The molecule has 2 N–H and O–H groups in total. The topological polar surface area (TPSA) is 84.2 Å². The minimum absolute atomic E-state index is 0.0200. The third kappa shape index (κ3) is 4.16. The number of aliphatic hydroxyl groups is 1. The second-order valence-corrected chi connectivity index (χ2v) is 5.94.